The zero-order valence-corrected chi connectivity index (χ0v) is 4.18. The van der Waals surface area contributed by atoms with Crippen LogP contribution < -0.4 is 11.3 Å². The van der Waals surface area contributed by atoms with Crippen LogP contribution >= 0.6 is 0 Å². The summed E-state index contributed by atoms with van der Waals surface area (Å²) in [5.41, 5.74) is 1.40. The van der Waals surface area contributed by atoms with Crippen LogP contribution in [0.4, 0.5) is 0 Å². The summed E-state index contributed by atoms with van der Waals surface area (Å²) in [6, 6.07) is 0. The number of hydrogen-bond acceptors (Lipinski definition) is 6. The van der Waals surface area contributed by atoms with E-state index in [1.54, 1.807) is 0 Å². The minimum Gasteiger partial charge on any atom is -0.260 e. The van der Waals surface area contributed by atoms with Crippen molar-refractivity contribution in [2.75, 3.05) is 0 Å². The number of hydrogen-bond donors (Lipinski definition) is 2. The zero-order valence-electron chi connectivity index (χ0n) is 4.18. The van der Waals surface area contributed by atoms with E-state index in [9.17, 15) is 20.2 Å². The molecule has 0 aromatic carbocycles. The lowest BCUT2D eigenvalue weighted by atomic mass is 10.9. The molecule has 0 aromatic rings. The molecule has 0 aliphatic rings. The number of hydrazine groups is 1. The van der Waals surface area contributed by atoms with Gasteiger partial charge in [0, 0.05) is 0 Å². The summed E-state index contributed by atoms with van der Waals surface area (Å²) in [6.07, 6.45) is -2.11. The molecule has 0 heterocycles. The van der Waals surface area contributed by atoms with E-state index in [1.165, 1.54) is 5.43 Å². The fourth-order valence-corrected chi connectivity index (χ4v) is 0.199. The van der Waals surface area contributed by atoms with Crippen LogP contribution in [0.3, 0.4) is 0 Å². The first-order valence-corrected chi connectivity index (χ1v) is 1.82. The molecule has 0 saturated carbocycles. The van der Waals surface area contributed by atoms with Crippen LogP contribution in [0.2, 0.25) is 0 Å². The molecule has 0 rings (SSSR count). The molecule has 0 aliphatic carbocycles. The van der Waals surface area contributed by atoms with Crippen LogP contribution in [-0.4, -0.2) is 16.1 Å². The molecule has 0 saturated heterocycles. The van der Waals surface area contributed by atoms with Crippen LogP contribution in [0.5, 0.6) is 0 Å². The van der Waals surface area contributed by atoms with Crippen LogP contribution in [0.25, 0.3) is 0 Å². The van der Waals surface area contributed by atoms with Crippen LogP contribution in [0.1, 0.15) is 0 Å². The molecule has 0 spiro atoms. The molecule has 52 valence electrons. The van der Waals surface area contributed by atoms with E-state index in [2.05, 4.69) is 5.84 Å². The van der Waals surface area contributed by atoms with Crippen molar-refractivity contribution in [3.05, 3.63) is 20.2 Å². The van der Waals surface area contributed by atoms with E-state index in [1.807, 2.05) is 0 Å². The Morgan fingerprint density at radius 3 is 1.67 bits per heavy atom. The van der Waals surface area contributed by atoms with E-state index >= 15 is 0 Å². The molecule has 9 heavy (non-hydrogen) atoms. The molecule has 8 nitrogen and oxygen atoms in total. The first kappa shape index (κ1) is 7.72. The summed E-state index contributed by atoms with van der Waals surface area (Å²) < 4.78 is 0. The number of rotatable bonds is 3. The topological polar surface area (TPSA) is 124 Å². The minimum atomic E-state index is -2.11. The van der Waals surface area contributed by atoms with Crippen LogP contribution in [0.15, 0.2) is 0 Å². The Morgan fingerprint density at radius 1 is 1.33 bits per heavy atom. The maximum absolute atomic E-state index is 9.59. The third-order valence-corrected chi connectivity index (χ3v) is 0.548. The van der Waals surface area contributed by atoms with Crippen molar-refractivity contribution in [3.8, 4) is 0 Å². The van der Waals surface area contributed by atoms with Gasteiger partial charge < -0.3 is 0 Å². The summed E-state index contributed by atoms with van der Waals surface area (Å²) in [5.74, 6) is 4.44. The van der Waals surface area contributed by atoms with Gasteiger partial charge in [-0.05, 0) is 0 Å². The highest BCUT2D eigenvalue weighted by atomic mass is 16.7. The van der Waals surface area contributed by atoms with Crippen molar-refractivity contribution in [3.63, 3.8) is 0 Å². The largest absolute Gasteiger partial charge is 0.524 e. The first-order chi connectivity index (χ1) is 4.09. The number of nitrogens with one attached hydrogen (secondary N) is 1. The predicted molar refractivity (Wildman–Crippen MR) is 25.1 cm³/mol. The molecule has 8 heteroatoms. The molecule has 0 unspecified atom stereocenters. The number of nitrogens with zero attached hydrogens (tertiary/aromatic N) is 2. The van der Waals surface area contributed by atoms with E-state index < -0.39 is 16.1 Å². The second kappa shape index (κ2) is 2.89. The highest BCUT2D eigenvalue weighted by molar-refractivity contribution is 4.25. The minimum absolute atomic E-state index is 1.14. The maximum atomic E-state index is 9.59. The Morgan fingerprint density at radius 2 is 1.67 bits per heavy atom. The first-order valence-electron chi connectivity index (χ1n) is 1.82. The highest BCUT2D eigenvalue weighted by Gasteiger charge is 2.29. The molecule has 0 radical (unpaired) electrons. The molecule has 0 atom stereocenters. The van der Waals surface area contributed by atoms with E-state index in [0.717, 1.165) is 0 Å². The molecule has 0 aliphatic heterocycles. The van der Waals surface area contributed by atoms with Gasteiger partial charge in [-0.2, -0.15) is 0 Å². The molecular formula is CH4N4O4. The summed E-state index contributed by atoms with van der Waals surface area (Å²) in [4.78, 5) is 16.9. The van der Waals surface area contributed by atoms with Crippen LogP contribution in [-0.2, 0) is 0 Å². The van der Waals surface area contributed by atoms with Crippen molar-refractivity contribution in [1.29, 1.82) is 0 Å². The van der Waals surface area contributed by atoms with Gasteiger partial charge in [0.05, 0.1) is 0 Å². The molecule has 0 fully saturated rings. The quantitative estimate of drug-likeness (QED) is 0.206. The lowest BCUT2D eigenvalue weighted by molar-refractivity contribution is -0.749. The van der Waals surface area contributed by atoms with E-state index in [4.69, 9.17) is 0 Å². The molecule has 0 amide bonds. The normalized spacial score (nSPS) is 9.56. The SMILES string of the molecule is NNC([N+](=O)[O-])[N+](=O)[O-]. The zero-order chi connectivity index (χ0) is 7.44. The molecule has 0 bridgehead atoms. The van der Waals surface area contributed by atoms with Crippen molar-refractivity contribution in [2.24, 2.45) is 5.84 Å². The standard InChI is InChI=1S/CH4N4O4/c2-3-1(4(6)7)5(8)9/h1,3H,2H2. The van der Waals surface area contributed by atoms with Gasteiger partial charge in [0.1, 0.15) is 9.85 Å². The smallest absolute Gasteiger partial charge is 0.260 e. The van der Waals surface area contributed by atoms with E-state index in [-0.39, 0.29) is 0 Å². The summed E-state index contributed by atoms with van der Waals surface area (Å²) >= 11 is 0. The van der Waals surface area contributed by atoms with Crippen molar-refractivity contribution >= 4 is 0 Å². The van der Waals surface area contributed by atoms with Gasteiger partial charge in [-0.1, -0.05) is 0 Å². The number of nitrogens with two attached hydrogens (primary N) is 1. The third kappa shape index (κ3) is 1.97. The van der Waals surface area contributed by atoms with Gasteiger partial charge in [0.15, 0.2) is 0 Å². The summed E-state index contributed by atoms with van der Waals surface area (Å²) in [7, 11) is 0. The van der Waals surface area contributed by atoms with Crippen molar-refractivity contribution in [1.82, 2.24) is 5.43 Å². The molecule has 3 N–H and O–H groups in total. The van der Waals surface area contributed by atoms with Gasteiger partial charge in [-0.3, -0.25) is 26.1 Å². The fourth-order valence-electron chi connectivity index (χ4n) is 0.199. The Hall–Kier alpha value is -1.28. The monoisotopic (exact) mass is 136 g/mol. The highest BCUT2D eigenvalue weighted by Crippen LogP contribution is 1.81. The maximum Gasteiger partial charge on any atom is 0.524 e. The predicted octanol–water partition coefficient (Wildman–Crippen LogP) is -1.71. The molecule has 0 aromatic heterocycles. The molecular weight excluding hydrogens is 132 g/mol. The Balaban J connectivity index is 3.99. The Bertz CT molecular complexity index is 119. The van der Waals surface area contributed by atoms with Gasteiger partial charge in [-0.15, -0.1) is 5.43 Å². The summed E-state index contributed by atoms with van der Waals surface area (Å²) in [5, 5.41) is 19.2. The van der Waals surface area contributed by atoms with Gasteiger partial charge >= 0.3 is 6.29 Å². The van der Waals surface area contributed by atoms with Gasteiger partial charge in [-0.25, -0.2) is 0 Å². The van der Waals surface area contributed by atoms with Gasteiger partial charge in [0.2, 0.25) is 0 Å². The second-order valence-electron chi connectivity index (χ2n) is 1.11. The van der Waals surface area contributed by atoms with Crippen molar-refractivity contribution < 1.29 is 9.85 Å². The second-order valence-corrected chi connectivity index (χ2v) is 1.11. The Kier molecular flexibility index (Phi) is 2.48. The van der Waals surface area contributed by atoms with Gasteiger partial charge in [0.25, 0.3) is 0 Å². The Labute approximate surface area is 48.9 Å². The lowest BCUT2D eigenvalue weighted by Crippen LogP contribution is -2.46. The summed E-state index contributed by atoms with van der Waals surface area (Å²) in [6.45, 7) is 0. The fraction of sp³-hybridized carbons (Fsp3) is 1.00. The number of nitro groups is 2. The average Bonchev–Trinajstić information content (AvgIpc) is 1.64. The van der Waals surface area contributed by atoms with Crippen molar-refractivity contribution in [2.45, 2.75) is 6.29 Å². The van der Waals surface area contributed by atoms with Crippen LogP contribution in [0, 0.1) is 20.2 Å². The average molecular weight is 136 g/mol. The van der Waals surface area contributed by atoms with E-state index in [0.29, 0.717) is 0 Å². The lowest BCUT2D eigenvalue weighted by Gasteiger charge is -1.96. The third-order valence-electron chi connectivity index (χ3n) is 0.548.